The minimum Gasteiger partial charge on any atom is -0.480 e. The zero-order chi connectivity index (χ0) is 17.2. The molecule has 1 aliphatic heterocycles. The van der Waals surface area contributed by atoms with E-state index in [0.717, 1.165) is 0 Å². The number of carboxylic acid groups (broad SMARTS) is 1. The van der Waals surface area contributed by atoms with Crippen molar-refractivity contribution in [3.05, 3.63) is 27.2 Å². The summed E-state index contributed by atoms with van der Waals surface area (Å²) in [4.78, 5) is 10.4. The molecule has 0 saturated carbocycles. The van der Waals surface area contributed by atoms with E-state index in [0.29, 0.717) is 19.4 Å². The number of aliphatic carboxylic acids is 1. The number of hydrogen-bond acceptors (Lipinski definition) is 4. The third-order valence-corrected chi connectivity index (χ3v) is 6.71. The standard InChI is InChI=1S/C13H14Cl3NO5S/c14-9-3-4-10(13(16)12(9)15)23(20,21)17-5-1-2-8(6-17)22-7-11(18)19/h3-4,8H,1-2,5-7H2,(H,18,19). The first-order chi connectivity index (χ1) is 10.7. The van der Waals surface area contributed by atoms with Gasteiger partial charge in [0.15, 0.2) is 0 Å². The van der Waals surface area contributed by atoms with Crippen LogP contribution < -0.4 is 0 Å². The normalized spacial score (nSPS) is 19.7. The van der Waals surface area contributed by atoms with E-state index in [9.17, 15) is 13.2 Å². The molecule has 0 amide bonds. The van der Waals surface area contributed by atoms with Crippen molar-refractivity contribution in [3.63, 3.8) is 0 Å². The van der Waals surface area contributed by atoms with Gasteiger partial charge in [0.05, 0.1) is 21.2 Å². The van der Waals surface area contributed by atoms with Gasteiger partial charge in [0, 0.05) is 13.1 Å². The van der Waals surface area contributed by atoms with Gasteiger partial charge in [-0.3, -0.25) is 0 Å². The average Bonchev–Trinajstić information content (AvgIpc) is 2.50. The van der Waals surface area contributed by atoms with Gasteiger partial charge in [0.1, 0.15) is 11.5 Å². The van der Waals surface area contributed by atoms with Crippen molar-refractivity contribution < 1.29 is 23.1 Å². The molecule has 1 N–H and O–H groups in total. The molecule has 0 spiro atoms. The van der Waals surface area contributed by atoms with E-state index >= 15 is 0 Å². The summed E-state index contributed by atoms with van der Waals surface area (Å²) < 4.78 is 31.9. The Morgan fingerprint density at radius 3 is 2.65 bits per heavy atom. The van der Waals surface area contributed by atoms with Crippen molar-refractivity contribution >= 4 is 50.8 Å². The lowest BCUT2D eigenvalue weighted by molar-refractivity contribution is -0.145. The average molecular weight is 403 g/mol. The highest BCUT2D eigenvalue weighted by Gasteiger charge is 2.33. The highest BCUT2D eigenvalue weighted by Crippen LogP contribution is 2.36. The van der Waals surface area contributed by atoms with E-state index in [1.807, 2.05) is 0 Å². The number of hydrogen-bond donors (Lipinski definition) is 1. The fourth-order valence-electron chi connectivity index (χ4n) is 2.29. The Bertz CT molecular complexity index is 710. The number of rotatable bonds is 5. The van der Waals surface area contributed by atoms with Crippen molar-refractivity contribution in [2.75, 3.05) is 19.7 Å². The zero-order valence-electron chi connectivity index (χ0n) is 11.8. The Kier molecular flexibility index (Phi) is 6.16. The SMILES string of the molecule is O=C(O)COC1CCCN(S(=O)(=O)c2ccc(Cl)c(Cl)c2Cl)C1. The molecule has 2 rings (SSSR count). The Balaban J connectivity index is 2.22. The lowest BCUT2D eigenvalue weighted by atomic mass is 10.1. The van der Waals surface area contributed by atoms with E-state index in [1.165, 1.54) is 16.4 Å². The maximum atomic E-state index is 12.7. The molecule has 1 fully saturated rings. The molecule has 128 valence electrons. The molecule has 1 aromatic carbocycles. The summed E-state index contributed by atoms with van der Waals surface area (Å²) in [5, 5.41) is 8.65. The number of benzene rings is 1. The molecule has 1 saturated heterocycles. The number of sulfonamides is 1. The minimum atomic E-state index is -3.87. The van der Waals surface area contributed by atoms with Crippen molar-refractivity contribution in [2.24, 2.45) is 0 Å². The van der Waals surface area contributed by atoms with Crippen LogP contribution in [0.3, 0.4) is 0 Å². The van der Waals surface area contributed by atoms with Crippen LogP contribution in [-0.2, 0) is 19.6 Å². The van der Waals surface area contributed by atoms with E-state index in [-0.39, 0.29) is 26.5 Å². The van der Waals surface area contributed by atoms with Crippen LogP contribution in [0, 0.1) is 0 Å². The van der Waals surface area contributed by atoms with Crippen LogP contribution in [0.5, 0.6) is 0 Å². The lowest BCUT2D eigenvalue weighted by Crippen LogP contribution is -2.43. The molecular formula is C13H14Cl3NO5S. The summed E-state index contributed by atoms with van der Waals surface area (Å²) in [5.74, 6) is -1.10. The highest BCUT2D eigenvalue weighted by atomic mass is 35.5. The first-order valence-corrected chi connectivity index (χ1v) is 9.28. The summed E-state index contributed by atoms with van der Waals surface area (Å²) in [6, 6.07) is 2.67. The Morgan fingerprint density at radius 1 is 1.30 bits per heavy atom. The molecule has 1 unspecified atom stereocenters. The second-order valence-electron chi connectivity index (χ2n) is 5.01. The first kappa shape index (κ1) is 18.8. The van der Waals surface area contributed by atoms with Crippen LogP contribution in [0.2, 0.25) is 15.1 Å². The van der Waals surface area contributed by atoms with Crippen LogP contribution in [-0.4, -0.2) is 49.6 Å². The van der Waals surface area contributed by atoms with Crippen LogP contribution in [0.1, 0.15) is 12.8 Å². The zero-order valence-corrected chi connectivity index (χ0v) is 14.9. The van der Waals surface area contributed by atoms with Gasteiger partial charge >= 0.3 is 5.97 Å². The summed E-state index contributed by atoms with van der Waals surface area (Å²) >= 11 is 17.7. The molecule has 0 radical (unpaired) electrons. The molecule has 0 aromatic heterocycles. The molecule has 10 heteroatoms. The maximum Gasteiger partial charge on any atom is 0.329 e. The quantitative estimate of drug-likeness (QED) is 0.766. The fourth-order valence-corrected chi connectivity index (χ4v) is 4.76. The number of carbonyl (C=O) groups is 1. The van der Waals surface area contributed by atoms with Gasteiger partial charge in [0.25, 0.3) is 0 Å². The lowest BCUT2D eigenvalue weighted by Gasteiger charge is -2.31. The summed E-state index contributed by atoms with van der Waals surface area (Å²) in [6.07, 6.45) is 0.674. The van der Waals surface area contributed by atoms with Crippen molar-refractivity contribution in [3.8, 4) is 0 Å². The van der Waals surface area contributed by atoms with Gasteiger partial charge in [-0.05, 0) is 25.0 Å². The smallest absolute Gasteiger partial charge is 0.329 e. The van der Waals surface area contributed by atoms with Crippen molar-refractivity contribution in [2.45, 2.75) is 23.8 Å². The number of piperidine rings is 1. The summed E-state index contributed by atoms with van der Waals surface area (Å²) in [7, 11) is -3.87. The van der Waals surface area contributed by atoms with Crippen molar-refractivity contribution in [1.82, 2.24) is 4.31 Å². The molecule has 6 nitrogen and oxygen atoms in total. The first-order valence-electron chi connectivity index (χ1n) is 6.70. The van der Waals surface area contributed by atoms with Gasteiger partial charge in [-0.15, -0.1) is 0 Å². The number of ether oxygens (including phenoxy) is 1. The molecular weight excluding hydrogens is 389 g/mol. The summed E-state index contributed by atoms with van der Waals surface area (Å²) in [5.41, 5.74) is 0. The Hall–Kier alpha value is -0.570. The topological polar surface area (TPSA) is 83.9 Å². The van der Waals surface area contributed by atoms with E-state index in [1.54, 1.807) is 0 Å². The predicted molar refractivity (Wildman–Crippen MR) is 86.8 cm³/mol. The molecule has 0 aliphatic carbocycles. The van der Waals surface area contributed by atoms with Gasteiger partial charge in [-0.1, -0.05) is 34.8 Å². The van der Waals surface area contributed by atoms with Crippen LogP contribution in [0.25, 0.3) is 0 Å². The van der Waals surface area contributed by atoms with Crippen LogP contribution in [0.4, 0.5) is 0 Å². The third kappa shape index (κ3) is 4.29. The van der Waals surface area contributed by atoms with Gasteiger partial charge in [0.2, 0.25) is 10.0 Å². The van der Waals surface area contributed by atoms with Gasteiger partial charge in [-0.25, -0.2) is 13.2 Å². The Morgan fingerprint density at radius 2 is 2.00 bits per heavy atom. The number of halogens is 3. The van der Waals surface area contributed by atoms with Gasteiger partial charge < -0.3 is 9.84 Å². The molecule has 1 aromatic rings. The van der Waals surface area contributed by atoms with E-state index in [2.05, 4.69) is 0 Å². The predicted octanol–water partition coefficient (Wildman–Crippen LogP) is 2.90. The molecule has 1 heterocycles. The molecule has 23 heavy (non-hydrogen) atoms. The van der Waals surface area contributed by atoms with Crippen LogP contribution in [0.15, 0.2) is 17.0 Å². The summed E-state index contributed by atoms with van der Waals surface area (Å²) in [6.45, 7) is -0.107. The van der Waals surface area contributed by atoms with E-state index < -0.39 is 28.7 Å². The second kappa shape index (κ2) is 7.55. The fraction of sp³-hybridized carbons (Fsp3) is 0.462. The van der Waals surface area contributed by atoms with E-state index in [4.69, 9.17) is 44.6 Å². The van der Waals surface area contributed by atoms with Crippen molar-refractivity contribution in [1.29, 1.82) is 0 Å². The maximum absolute atomic E-state index is 12.7. The van der Waals surface area contributed by atoms with Crippen LogP contribution >= 0.6 is 34.8 Å². The monoisotopic (exact) mass is 401 g/mol. The Labute approximate surface area is 148 Å². The highest BCUT2D eigenvalue weighted by molar-refractivity contribution is 7.89. The molecule has 1 atom stereocenters. The number of carboxylic acids is 1. The third-order valence-electron chi connectivity index (χ3n) is 3.40. The minimum absolute atomic E-state index is 0.0231. The second-order valence-corrected chi connectivity index (χ2v) is 8.08. The molecule has 1 aliphatic rings. The van der Waals surface area contributed by atoms with Gasteiger partial charge in [-0.2, -0.15) is 4.31 Å². The molecule has 0 bridgehead atoms. The largest absolute Gasteiger partial charge is 0.480 e. The number of nitrogens with zero attached hydrogens (tertiary/aromatic N) is 1.